The molecule has 1 aromatic carbocycles. The molecule has 0 atom stereocenters. The number of non-ortho nitro benzene ring substituents is 1. The van der Waals surface area contributed by atoms with Crippen molar-refractivity contribution >= 4 is 17.1 Å². The largest absolute Gasteiger partial charge is 0.397 e. The van der Waals surface area contributed by atoms with E-state index in [9.17, 15) is 10.1 Å². The third kappa shape index (κ3) is 2.56. The van der Waals surface area contributed by atoms with Crippen molar-refractivity contribution < 1.29 is 4.92 Å². The van der Waals surface area contributed by atoms with Gasteiger partial charge >= 0.3 is 0 Å². The Hall–Kier alpha value is -1.82. The molecule has 6 heteroatoms. The Morgan fingerprint density at radius 3 is 2.40 bits per heavy atom. The molecule has 0 aromatic heterocycles. The highest BCUT2D eigenvalue weighted by Gasteiger charge is 2.40. The number of benzene rings is 1. The molecule has 0 saturated heterocycles. The van der Waals surface area contributed by atoms with Crippen LogP contribution in [0.2, 0.25) is 0 Å². The lowest BCUT2D eigenvalue weighted by Gasteiger charge is -2.49. The molecule has 1 aliphatic carbocycles. The van der Waals surface area contributed by atoms with Gasteiger partial charge in [0.2, 0.25) is 0 Å². The molecular formula is C14H22N4O2. The summed E-state index contributed by atoms with van der Waals surface area (Å²) in [5.74, 6) is 0. The molecule has 6 nitrogen and oxygen atoms in total. The molecule has 0 bridgehead atoms. The molecule has 110 valence electrons. The van der Waals surface area contributed by atoms with Crippen LogP contribution in [0.4, 0.5) is 17.1 Å². The van der Waals surface area contributed by atoms with Gasteiger partial charge in [0.25, 0.3) is 5.69 Å². The first-order valence-electron chi connectivity index (χ1n) is 6.78. The number of nitrogens with two attached hydrogens (primary N) is 1. The van der Waals surface area contributed by atoms with E-state index < -0.39 is 4.92 Å². The van der Waals surface area contributed by atoms with Gasteiger partial charge in [0, 0.05) is 31.3 Å². The van der Waals surface area contributed by atoms with Crippen LogP contribution in [0, 0.1) is 10.1 Å². The average molecular weight is 278 g/mol. The summed E-state index contributed by atoms with van der Waals surface area (Å²) in [6, 6.07) is 4.66. The van der Waals surface area contributed by atoms with Crippen LogP contribution in [-0.2, 0) is 0 Å². The van der Waals surface area contributed by atoms with E-state index in [1.54, 1.807) is 6.07 Å². The third-order valence-corrected chi connectivity index (χ3v) is 4.40. The highest BCUT2D eigenvalue weighted by atomic mass is 16.6. The zero-order valence-electron chi connectivity index (χ0n) is 12.3. The first-order valence-corrected chi connectivity index (χ1v) is 6.78. The Morgan fingerprint density at radius 1 is 1.35 bits per heavy atom. The summed E-state index contributed by atoms with van der Waals surface area (Å²) in [7, 11) is 6.19. The van der Waals surface area contributed by atoms with E-state index in [0.29, 0.717) is 5.69 Å². The van der Waals surface area contributed by atoms with Crippen molar-refractivity contribution in [1.82, 2.24) is 4.90 Å². The van der Waals surface area contributed by atoms with Crippen LogP contribution in [0.3, 0.4) is 0 Å². The van der Waals surface area contributed by atoms with Crippen molar-refractivity contribution in [2.24, 2.45) is 0 Å². The van der Waals surface area contributed by atoms with Gasteiger partial charge in [0.1, 0.15) is 0 Å². The third-order valence-electron chi connectivity index (χ3n) is 4.40. The van der Waals surface area contributed by atoms with Crippen LogP contribution in [0.15, 0.2) is 18.2 Å². The summed E-state index contributed by atoms with van der Waals surface area (Å²) in [5.41, 5.74) is 7.49. The molecule has 1 saturated carbocycles. The van der Waals surface area contributed by atoms with Gasteiger partial charge in [0.05, 0.1) is 16.3 Å². The van der Waals surface area contributed by atoms with Gasteiger partial charge in [-0.05, 0) is 39.4 Å². The molecule has 1 fully saturated rings. The van der Waals surface area contributed by atoms with Gasteiger partial charge in [-0.15, -0.1) is 0 Å². The van der Waals surface area contributed by atoms with Crippen LogP contribution in [0.5, 0.6) is 0 Å². The monoisotopic (exact) mass is 278 g/mol. The molecule has 0 spiro atoms. The van der Waals surface area contributed by atoms with Crippen LogP contribution in [-0.4, -0.2) is 43.0 Å². The lowest BCUT2D eigenvalue weighted by molar-refractivity contribution is -0.384. The summed E-state index contributed by atoms with van der Waals surface area (Å²) in [6.45, 7) is 0.877. The number of anilines is 2. The molecule has 0 unspecified atom stereocenters. The molecule has 1 aromatic rings. The lowest BCUT2D eigenvalue weighted by atomic mass is 9.75. The minimum Gasteiger partial charge on any atom is -0.397 e. The van der Waals surface area contributed by atoms with E-state index in [0.717, 1.165) is 12.2 Å². The standard InChI is InChI=1S/C14H22N4O2/c1-16(2)14(7-4-8-14)10-17(3)13-6-5-11(18(19)20)9-12(13)15/h5-6,9H,4,7-8,10,15H2,1-3H3. The number of rotatable bonds is 5. The van der Waals surface area contributed by atoms with Crippen LogP contribution in [0.25, 0.3) is 0 Å². The summed E-state index contributed by atoms with van der Waals surface area (Å²) >= 11 is 0. The summed E-state index contributed by atoms with van der Waals surface area (Å²) in [6.07, 6.45) is 3.61. The average Bonchev–Trinajstić information content (AvgIpc) is 2.32. The molecule has 2 N–H and O–H groups in total. The first-order chi connectivity index (χ1) is 9.35. The smallest absolute Gasteiger partial charge is 0.271 e. The number of nitro benzene ring substituents is 1. The van der Waals surface area contributed by atoms with E-state index in [1.807, 2.05) is 7.05 Å². The van der Waals surface area contributed by atoms with Gasteiger partial charge in [-0.2, -0.15) is 0 Å². The van der Waals surface area contributed by atoms with Crippen molar-refractivity contribution in [2.75, 3.05) is 38.3 Å². The zero-order valence-corrected chi connectivity index (χ0v) is 12.3. The van der Waals surface area contributed by atoms with Crippen molar-refractivity contribution in [3.63, 3.8) is 0 Å². The van der Waals surface area contributed by atoms with Crippen LogP contribution < -0.4 is 10.6 Å². The summed E-state index contributed by atoms with van der Waals surface area (Å²) < 4.78 is 0. The Kier molecular flexibility index (Phi) is 3.85. The second-order valence-corrected chi connectivity index (χ2v) is 5.83. The first kappa shape index (κ1) is 14.6. The van der Waals surface area contributed by atoms with Gasteiger partial charge in [-0.1, -0.05) is 0 Å². The normalized spacial score (nSPS) is 16.8. The van der Waals surface area contributed by atoms with E-state index in [1.165, 1.54) is 31.4 Å². The van der Waals surface area contributed by atoms with E-state index >= 15 is 0 Å². The van der Waals surface area contributed by atoms with Gasteiger partial charge in [0.15, 0.2) is 0 Å². The Balaban J connectivity index is 2.17. The minimum absolute atomic E-state index is 0.0330. The zero-order chi connectivity index (χ0) is 14.9. The van der Waals surface area contributed by atoms with Crippen molar-refractivity contribution in [1.29, 1.82) is 0 Å². The Labute approximate surface area is 119 Å². The maximum atomic E-state index is 10.7. The van der Waals surface area contributed by atoms with E-state index in [2.05, 4.69) is 23.9 Å². The highest BCUT2D eigenvalue weighted by Crippen LogP contribution is 2.38. The summed E-state index contributed by atoms with van der Waals surface area (Å²) in [4.78, 5) is 14.7. The maximum absolute atomic E-state index is 10.7. The highest BCUT2D eigenvalue weighted by molar-refractivity contribution is 5.70. The van der Waals surface area contributed by atoms with Crippen molar-refractivity contribution in [2.45, 2.75) is 24.8 Å². The predicted octanol–water partition coefficient (Wildman–Crippen LogP) is 2.10. The van der Waals surface area contributed by atoms with E-state index in [4.69, 9.17) is 5.73 Å². The van der Waals surface area contributed by atoms with Crippen LogP contribution >= 0.6 is 0 Å². The molecule has 0 radical (unpaired) electrons. The van der Waals surface area contributed by atoms with Crippen LogP contribution in [0.1, 0.15) is 19.3 Å². The number of hydrogen-bond acceptors (Lipinski definition) is 5. The van der Waals surface area contributed by atoms with Gasteiger partial charge in [-0.3, -0.25) is 10.1 Å². The second kappa shape index (κ2) is 5.28. The number of nitro groups is 1. The Morgan fingerprint density at radius 2 is 2.00 bits per heavy atom. The molecule has 20 heavy (non-hydrogen) atoms. The summed E-state index contributed by atoms with van der Waals surface area (Å²) in [5, 5.41) is 10.7. The quantitative estimate of drug-likeness (QED) is 0.507. The van der Waals surface area contributed by atoms with Gasteiger partial charge in [-0.25, -0.2) is 0 Å². The predicted molar refractivity (Wildman–Crippen MR) is 81.0 cm³/mol. The maximum Gasteiger partial charge on any atom is 0.271 e. The topological polar surface area (TPSA) is 75.6 Å². The number of hydrogen-bond donors (Lipinski definition) is 1. The number of nitrogen functional groups attached to an aromatic ring is 1. The number of nitrogens with zero attached hydrogens (tertiary/aromatic N) is 3. The fourth-order valence-electron chi connectivity index (χ4n) is 2.86. The number of likely N-dealkylation sites (N-methyl/N-ethyl adjacent to an activating group) is 2. The van der Waals surface area contributed by atoms with Crippen molar-refractivity contribution in [3.8, 4) is 0 Å². The molecule has 2 rings (SSSR count). The molecule has 0 heterocycles. The molecule has 1 aliphatic rings. The fraction of sp³-hybridized carbons (Fsp3) is 0.571. The second-order valence-electron chi connectivity index (χ2n) is 5.83. The SMILES string of the molecule is CN(CC1(N(C)C)CCC1)c1ccc([N+](=O)[O-])cc1N. The molecule has 0 aliphatic heterocycles. The molecule has 0 amide bonds. The van der Waals surface area contributed by atoms with Gasteiger partial charge < -0.3 is 15.5 Å². The fourth-order valence-corrected chi connectivity index (χ4v) is 2.86. The minimum atomic E-state index is -0.423. The lowest BCUT2D eigenvalue weighted by Crippen LogP contribution is -2.56. The Bertz CT molecular complexity index is 512. The van der Waals surface area contributed by atoms with Crippen molar-refractivity contribution in [3.05, 3.63) is 28.3 Å². The van der Waals surface area contributed by atoms with E-state index in [-0.39, 0.29) is 11.2 Å². The molecular weight excluding hydrogens is 256 g/mol.